The van der Waals surface area contributed by atoms with Crippen molar-refractivity contribution in [3.63, 3.8) is 0 Å². The molecule has 2 aliphatic rings. The molecule has 3 nitrogen and oxygen atoms in total. The topological polar surface area (TPSA) is 38.1 Å². The summed E-state index contributed by atoms with van der Waals surface area (Å²) in [6.07, 6.45) is 9.92. The van der Waals surface area contributed by atoms with Crippen molar-refractivity contribution in [2.24, 2.45) is 5.92 Å². The predicted molar refractivity (Wildman–Crippen MR) is 192 cm³/mol. The van der Waals surface area contributed by atoms with Gasteiger partial charge in [-0.25, -0.2) is 0 Å². The summed E-state index contributed by atoms with van der Waals surface area (Å²) in [5, 5.41) is 3.00. The summed E-state index contributed by atoms with van der Waals surface area (Å²) < 4.78 is 0. The van der Waals surface area contributed by atoms with Crippen molar-refractivity contribution in [2.75, 3.05) is 26.2 Å². The first-order valence-corrected chi connectivity index (χ1v) is 16.8. The van der Waals surface area contributed by atoms with Crippen LogP contribution in [0, 0.1) is 12.8 Å². The number of nitrogens with zero attached hydrogens (tertiary/aromatic N) is 2. The smallest absolute Gasteiger partial charge is 0.0543 e. The van der Waals surface area contributed by atoms with Crippen LogP contribution in [0.25, 0.3) is 11.6 Å². The van der Waals surface area contributed by atoms with Crippen molar-refractivity contribution < 1.29 is 0 Å². The van der Waals surface area contributed by atoms with E-state index in [0.717, 1.165) is 25.3 Å². The molecule has 3 heterocycles. The number of piperidine rings is 1. The summed E-state index contributed by atoms with van der Waals surface area (Å²) in [6.45, 7) is 26.8. The van der Waals surface area contributed by atoms with Crippen LogP contribution >= 0.6 is 0 Å². The Balaban J connectivity index is 0.000000364. The molecule has 0 bridgehead atoms. The van der Waals surface area contributed by atoms with Gasteiger partial charge >= 0.3 is 0 Å². The van der Waals surface area contributed by atoms with E-state index in [-0.39, 0.29) is 0 Å². The van der Waals surface area contributed by atoms with Gasteiger partial charge in [-0.1, -0.05) is 121 Å². The Morgan fingerprint density at radius 2 is 1.51 bits per heavy atom. The molecule has 43 heavy (non-hydrogen) atoms. The fraction of sp³-hybridized carbons (Fsp3) is 0.475. The molecule has 0 aliphatic carbocycles. The van der Waals surface area contributed by atoms with Gasteiger partial charge in [0.15, 0.2) is 0 Å². The van der Waals surface area contributed by atoms with Gasteiger partial charge in [-0.05, 0) is 98.5 Å². The van der Waals surface area contributed by atoms with Crippen LogP contribution < -0.4 is 5.32 Å². The molecule has 2 fully saturated rings. The molecule has 2 aromatic carbocycles. The molecular formula is C40H61N3. The molecule has 1 aromatic heterocycles. The normalized spacial score (nSPS) is 14.5. The molecule has 0 saturated carbocycles. The van der Waals surface area contributed by atoms with Crippen LogP contribution in [0.3, 0.4) is 0 Å². The van der Waals surface area contributed by atoms with Crippen LogP contribution in [0.2, 0.25) is 0 Å². The Morgan fingerprint density at radius 1 is 0.907 bits per heavy atom. The van der Waals surface area contributed by atoms with Gasteiger partial charge in [0.1, 0.15) is 0 Å². The molecule has 3 aromatic rings. The van der Waals surface area contributed by atoms with E-state index in [2.05, 4.69) is 110 Å². The summed E-state index contributed by atoms with van der Waals surface area (Å²) in [4.78, 5) is 6.89. The number of aryl methyl sites for hydroxylation is 1. The maximum atomic E-state index is 4.37. The van der Waals surface area contributed by atoms with Gasteiger partial charge in [0.25, 0.3) is 0 Å². The van der Waals surface area contributed by atoms with Crippen molar-refractivity contribution in [3.05, 3.63) is 113 Å². The molecule has 0 atom stereocenters. The molecule has 2 aliphatic heterocycles. The SMILES string of the molecule is C1CN1.C=Cc1ccc(C/C(=C(\C)CC)c2ccccc2C)cc1.CC.CC.CCC1CCN(Cc2ccccn2)CC1. The second-order valence-corrected chi connectivity index (χ2v) is 10.7. The number of likely N-dealkylation sites (tertiary alicyclic amines) is 1. The lowest BCUT2D eigenvalue weighted by Gasteiger charge is -2.31. The van der Waals surface area contributed by atoms with Crippen LogP contribution in [0.15, 0.2) is 85.1 Å². The third kappa shape index (κ3) is 15.3. The van der Waals surface area contributed by atoms with Gasteiger partial charge in [-0.2, -0.15) is 0 Å². The number of pyridine rings is 1. The van der Waals surface area contributed by atoms with E-state index in [1.54, 1.807) is 0 Å². The van der Waals surface area contributed by atoms with E-state index in [0.29, 0.717) is 0 Å². The number of nitrogens with one attached hydrogen (secondary N) is 1. The summed E-state index contributed by atoms with van der Waals surface area (Å²) in [5.74, 6) is 0.963. The van der Waals surface area contributed by atoms with Crippen molar-refractivity contribution in [1.29, 1.82) is 0 Å². The van der Waals surface area contributed by atoms with Gasteiger partial charge in [-0.3, -0.25) is 9.88 Å². The first-order valence-electron chi connectivity index (χ1n) is 16.8. The zero-order valence-corrected chi connectivity index (χ0v) is 28.8. The Labute approximate surface area is 265 Å². The monoisotopic (exact) mass is 583 g/mol. The Bertz CT molecular complexity index is 1140. The number of hydrogen-bond donors (Lipinski definition) is 1. The van der Waals surface area contributed by atoms with E-state index < -0.39 is 0 Å². The highest BCUT2D eigenvalue weighted by atomic mass is 15.1. The lowest BCUT2D eigenvalue weighted by Crippen LogP contribution is -2.33. The fourth-order valence-corrected chi connectivity index (χ4v) is 4.85. The number of aromatic nitrogens is 1. The summed E-state index contributed by atoms with van der Waals surface area (Å²) in [7, 11) is 0. The van der Waals surface area contributed by atoms with Gasteiger partial charge < -0.3 is 5.32 Å². The third-order valence-corrected chi connectivity index (χ3v) is 7.76. The van der Waals surface area contributed by atoms with Crippen LogP contribution in [0.4, 0.5) is 0 Å². The number of benzene rings is 2. The quantitative estimate of drug-likeness (QED) is 0.268. The molecule has 0 amide bonds. The highest BCUT2D eigenvalue weighted by molar-refractivity contribution is 5.72. The molecule has 2 saturated heterocycles. The van der Waals surface area contributed by atoms with Gasteiger partial charge in [0.2, 0.25) is 0 Å². The standard InChI is InChI=1S/C21H24.C13H20N2.C2H5N.2C2H6/c1-5-16(3)21(20-10-8-7-9-17(20)4)15-19-13-11-18(6-2)12-14-19;1-2-12-6-9-15(10-7-12)11-13-5-3-4-8-14-13;1-2-3-1;2*1-2/h6-14H,2,5,15H2,1,3-4H3;3-5,8,12H,2,6-7,9-11H2,1H3;3H,1-2H2;2*1-2H3/b21-16-;;;;. The van der Waals surface area contributed by atoms with E-state index in [1.165, 1.54) is 84.5 Å². The fourth-order valence-electron chi connectivity index (χ4n) is 4.85. The first kappa shape index (κ1) is 38.0. The summed E-state index contributed by atoms with van der Waals surface area (Å²) >= 11 is 0. The van der Waals surface area contributed by atoms with Gasteiger partial charge in [0.05, 0.1) is 5.69 Å². The Kier molecular flexibility index (Phi) is 20.7. The number of rotatable bonds is 8. The maximum absolute atomic E-state index is 4.37. The number of allylic oxidation sites excluding steroid dienone is 2. The molecule has 0 unspecified atom stereocenters. The minimum atomic E-state index is 0.963. The highest BCUT2D eigenvalue weighted by Gasteiger charge is 2.17. The van der Waals surface area contributed by atoms with Crippen molar-refractivity contribution in [3.8, 4) is 0 Å². The van der Waals surface area contributed by atoms with E-state index >= 15 is 0 Å². The highest BCUT2D eigenvalue weighted by Crippen LogP contribution is 2.27. The average Bonchev–Trinajstić information content (AvgIpc) is 3.97. The molecule has 236 valence electrons. The van der Waals surface area contributed by atoms with Gasteiger partial charge in [-0.15, -0.1) is 0 Å². The molecular weight excluding hydrogens is 522 g/mol. The predicted octanol–water partition coefficient (Wildman–Crippen LogP) is 10.4. The van der Waals surface area contributed by atoms with E-state index in [1.807, 2.05) is 46.0 Å². The zero-order chi connectivity index (χ0) is 31.9. The molecule has 3 heteroatoms. The van der Waals surface area contributed by atoms with Crippen LogP contribution in [-0.2, 0) is 13.0 Å². The molecule has 0 radical (unpaired) electrons. The zero-order valence-electron chi connectivity index (χ0n) is 28.8. The third-order valence-electron chi connectivity index (χ3n) is 7.76. The first-order chi connectivity index (χ1) is 21.0. The van der Waals surface area contributed by atoms with Crippen molar-refractivity contribution in [1.82, 2.24) is 15.2 Å². The van der Waals surface area contributed by atoms with Crippen molar-refractivity contribution in [2.45, 2.75) is 94.0 Å². The minimum Gasteiger partial charge on any atom is -0.314 e. The molecule has 5 rings (SSSR count). The average molecular weight is 584 g/mol. The largest absolute Gasteiger partial charge is 0.314 e. The minimum absolute atomic E-state index is 0.963. The Morgan fingerprint density at radius 3 is 2.00 bits per heavy atom. The lowest BCUT2D eigenvalue weighted by molar-refractivity contribution is 0.173. The second-order valence-electron chi connectivity index (χ2n) is 10.7. The van der Waals surface area contributed by atoms with Crippen LogP contribution in [0.5, 0.6) is 0 Å². The van der Waals surface area contributed by atoms with E-state index in [9.17, 15) is 0 Å². The van der Waals surface area contributed by atoms with Gasteiger partial charge in [0, 0.05) is 25.8 Å². The summed E-state index contributed by atoms with van der Waals surface area (Å²) in [6, 6.07) is 23.5. The molecule has 1 N–H and O–H groups in total. The molecule has 0 spiro atoms. The summed E-state index contributed by atoms with van der Waals surface area (Å²) in [5.41, 5.74) is 9.39. The maximum Gasteiger partial charge on any atom is 0.0543 e. The van der Waals surface area contributed by atoms with Crippen molar-refractivity contribution >= 4 is 11.6 Å². The van der Waals surface area contributed by atoms with Crippen LogP contribution in [-0.4, -0.2) is 36.1 Å². The van der Waals surface area contributed by atoms with Crippen LogP contribution in [0.1, 0.15) is 102 Å². The Hall–Kier alpha value is -3.01. The van der Waals surface area contributed by atoms with E-state index in [4.69, 9.17) is 0 Å². The number of hydrogen-bond acceptors (Lipinski definition) is 3. The lowest BCUT2D eigenvalue weighted by atomic mass is 9.90. The second kappa shape index (κ2) is 23.4.